The molecule has 1 aromatic carbocycles. The summed E-state index contributed by atoms with van der Waals surface area (Å²) in [5, 5.41) is 0. The van der Waals surface area contributed by atoms with Gasteiger partial charge < -0.3 is 9.30 Å². The molecule has 0 atom stereocenters. The van der Waals surface area contributed by atoms with Crippen molar-refractivity contribution in [2.45, 2.75) is 20.3 Å². The van der Waals surface area contributed by atoms with Crippen molar-refractivity contribution in [1.29, 1.82) is 0 Å². The number of benzene rings is 1. The number of imidazole rings is 1. The van der Waals surface area contributed by atoms with Crippen LogP contribution in [0.5, 0.6) is 0 Å². The SMILES string of the molecule is CC(=O)N1CCc2cc(-c3cn4cccc(C)c4n3)ccc21. The van der Waals surface area contributed by atoms with E-state index in [-0.39, 0.29) is 5.91 Å². The Labute approximate surface area is 129 Å². The molecule has 0 radical (unpaired) electrons. The van der Waals surface area contributed by atoms with E-state index in [1.807, 2.05) is 23.2 Å². The van der Waals surface area contributed by atoms with E-state index in [4.69, 9.17) is 4.98 Å². The van der Waals surface area contributed by atoms with Crippen molar-refractivity contribution >= 4 is 17.2 Å². The minimum Gasteiger partial charge on any atom is -0.312 e. The summed E-state index contributed by atoms with van der Waals surface area (Å²) in [6, 6.07) is 10.4. The van der Waals surface area contributed by atoms with Gasteiger partial charge in [-0.15, -0.1) is 0 Å². The second-order valence-corrected chi connectivity index (χ2v) is 5.81. The fourth-order valence-corrected chi connectivity index (χ4v) is 3.18. The summed E-state index contributed by atoms with van der Waals surface area (Å²) in [5.41, 5.74) is 6.49. The lowest BCUT2D eigenvalue weighted by Crippen LogP contribution is -2.25. The fraction of sp³-hybridized carbons (Fsp3) is 0.222. The number of aryl methyl sites for hydroxylation is 1. The Bertz CT molecular complexity index is 894. The molecular formula is C18H17N3O. The summed E-state index contributed by atoms with van der Waals surface area (Å²) < 4.78 is 2.06. The zero-order valence-corrected chi connectivity index (χ0v) is 12.7. The number of rotatable bonds is 1. The molecule has 1 amide bonds. The molecule has 0 saturated heterocycles. The smallest absolute Gasteiger partial charge is 0.223 e. The summed E-state index contributed by atoms with van der Waals surface area (Å²) in [7, 11) is 0. The van der Waals surface area contributed by atoms with Crippen molar-refractivity contribution in [1.82, 2.24) is 9.38 Å². The van der Waals surface area contributed by atoms with Crippen LogP contribution in [-0.2, 0) is 11.2 Å². The Morgan fingerprint density at radius 3 is 2.91 bits per heavy atom. The molecule has 0 N–H and O–H groups in total. The van der Waals surface area contributed by atoms with Gasteiger partial charge in [0.05, 0.1) is 5.69 Å². The topological polar surface area (TPSA) is 37.6 Å². The molecule has 0 aliphatic carbocycles. The highest BCUT2D eigenvalue weighted by Crippen LogP contribution is 2.32. The largest absolute Gasteiger partial charge is 0.312 e. The lowest BCUT2D eigenvalue weighted by atomic mass is 10.1. The second kappa shape index (κ2) is 4.70. The zero-order chi connectivity index (χ0) is 15.3. The molecule has 22 heavy (non-hydrogen) atoms. The van der Waals surface area contributed by atoms with Gasteiger partial charge in [0.25, 0.3) is 0 Å². The van der Waals surface area contributed by atoms with Crippen molar-refractivity contribution in [3.63, 3.8) is 0 Å². The first-order valence-corrected chi connectivity index (χ1v) is 7.49. The van der Waals surface area contributed by atoms with Crippen LogP contribution in [0.25, 0.3) is 16.9 Å². The van der Waals surface area contributed by atoms with Crippen LogP contribution >= 0.6 is 0 Å². The van der Waals surface area contributed by atoms with Gasteiger partial charge in [0, 0.05) is 37.1 Å². The lowest BCUT2D eigenvalue weighted by molar-refractivity contribution is -0.116. The van der Waals surface area contributed by atoms with Crippen molar-refractivity contribution < 1.29 is 4.79 Å². The van der Waals surface area contributed by atoms with Crippen molar-refractivity contribution in [3.05, 3.63) is 53.9 Å². The first-order chi connectivity index (χ1) is 10.6. The third-order valence-corrected chi connectivity index (χ3v) is 4.33. The summed E-state index contributed by atoms with van der Waals surface area (Å²) >= 11 is 0. The van der Waals surface area contributed by atoms with Gasteiger partial charge in [0.1, 0.15) is 5.65 Å². The summed E-state index contributed by atoms with van der Waals surface area (Å²) in [6.45, 7) is 4.46. The number of hydrogen-bond donors (Lipinski definition) is 0. The highest BCUT2D eigenvalue weighted by atomic mass is 16.2. The van der Waals surface area contributed by atoms with E-state index in [0.717, 1.165) is 41.1 Å². The van der Waals surface area contributed by atoms with Gasteiger partial charge in [-0.1, -0.05) is 12.1 Å². The number of fused-ring (bicyclic) bond motifs is 2. The van der Waals surface area contributed by atoms with E-state index in [1.165, 1.54) is 5.56 Å². The number of carbonyl (C=O) groups is 1. The van der Waals surface area contributed by atoms with Gasteiger partial charge in [0.15, 0.2) is 0 Å². The van der Waals surface area contributed by atoms with E-state index in [0.29, 0.717) is 0 Å². The van der Waals surface area contributed by atoms with Gasteiger partial charge in [-0.3, -0.25) is 4.79 Å². The molecule has 3 heterocycles. The number of nitrogens with zero attached hydrogens (tertiary/aromatic N) is 3. The number of anilines is 1. The maximum Gasteiger partial charge on any atom is 0.223 e. The van der Waals surface area contributed by atoms with E-state index in [9.17, 15) is 4.79 Å². The molecule has 0 bridgehead atoms. The first kappa shape index (κ1) is 13.1. The average molecular weight is 291 g/mol. The van der Waals surface area contributed by atoms with Gasteiger partial charge in [0.2, 0.25) is 5.91 Å². The molecule has 0 fully saturated rings. The van der Waals surface area contributed by atoms with Crippen LogP contribution in [0.15, 0.2) is 42.7 Å². The molecule has 4 heteroatoms. The van der Waals surface area contributed by atoms with E-state index in [1.54, 1.807) is 6.92 Å². The third kappa shape index (κ3) is 1.91. The van der Waals surface area contributed by atoms with Crippen LogP contribution < -0.4 is 4.90 Å². The molecule has 110 valence electrons. The van der Waals surface area contributed by atoms with Crippen LogP contribution in [0.2, 0.25) is 0 Å². The van der Waals surface area contributed by atoms with Crippen molar-refractivity contribution in [2.75, 3.05) is 11.4 Å². The predicted molar refractivity (Wildman–Crippen MR) is 87.1 cm³/mol. The Balaban J connectivity index is 1.80. The van der Waals surface area contributed by atoms with Gasteiger partial charge >= 0.3 is 0 Å². The lowest BCUT2D eigenvalue weighted by Gasteiger charge is -2.14. The second-order valence-electron chi connectivity index (χ2n) is 5.81. The van der Waals surface area contributed by atoms with Gasteiger partial charge in [-0.05, 0) is 42.7 Å². The van der Waals surface area contributed by atoms with E-state index >= 15 is 0 Å². The van der Waals surface area contributed by atoms with Crippen LogP contribution in [0.3, 0.4) is 0 Å². The Kier molecular flexibility index (Phi) is 2.79. The van der Waals surface area contributed by atoms with Crippen LogP contribution in [0.1, 0.15) is 18.1 Å². The maximum atomic E-state index is 11.6. The number of pyridine rings is 1. The number of aromatic nitrogens is 2. The molecule has 1 aliphatic rings. The van der Waals surface area contributed by atoms with Crippen LogP contribution in [0.4, 0.5) is 5.69 Å². The molecular weight excluding hydrogens is 274 g/mol. The molecule has 0 unspecified atom stereocenters. The normalized spacial score (nSPS) is 13.6. The monoisotopic (exact) mass is 291 g/mol. The maximum absolute atomic E-state index is 11.6. The molecule has 2 aromatic heterocycles. The molecule has 3 aromatic rings. The van der Waals surface area contributed by atoms with E-state index < -0.39 is 0 Å². The number of hydrogen-bond acceptors (Lipinski definition) is 2. The minimum atomic E-state index is 0.106. The Hall–Kier alpha value is -2.62. The quantitative estimate of drug-likeness (QED) is 0.690. The Morgan fingerprint density at radius 2 is 2.14 bits per heavy atom. The molecule has 1 aliphatic heterocycles. The highest BCUT2D eigenvalue weighted by molar-refractivity contribution is 5.94. The Morgan fingerprint density at radius 1 is 1.27 bits per heavy atom. The predicted octanol–water partition coefficient (Wildman–Crippen LogP) is 3.22. The molecule has 4 rings (SSSR count). The van der Waals surface area contributed by atoms with Crippen LogP contribution in [0, 0.1) is 6.92 Å². The minimum absolute atomic E-state index is 0.106. The van der Waals surface area contributed by atoms with Crippen LogP contribution in [-0.4, -0.2) is 21.8 Å². The highest BCUT2D eigenvalue weighted by Gasteiger charge is 2.22. The fourth-order valence-electron chi connectivity index (χ4n) is 3.18. The molecule has 0 spiro atoms. The van der Waals surface area contributed by atoms with Gasteiger partial charge in [-0.2, -0.15) is 0 Å². The summed E-state index contributed by atoms with van der Waals surface area (Å²) in [5.74, 6) is 0.106. The van der Waals surface area contributed by atoms with Crippen molar-refractivity contribution in [2.24, 2.45) is 0 Å². The summed E-state index contributed by atoms with van der Waals surface area (Å²) in [4.78, 5) is 18.2. The standard InChI is InChI=1S/C18H17N3O/c1-12-4-3-8-20-11-16(19-18(12)20)14-5-6-17-15(10-14)7-9-21(17)13(2)22/h3-6,8,10-11H,7,9H2,1-2H3. The van der Waals surface area contributed by atoms with Crippen molar-refractivity contribution in [3.8, 4) is 11.3 Å². The zero-order valence-electron chi connectivity index (χ0n) is 12.7. The number of carbonyl (C=O) groups excluding carboxylic acids is 1. The third-order valence-electron chi connectivity index (χ3n) is 4.33. The van der Waals surface area contributed by atoms with E-state index in [2.05, 4.69) is 35.7 Å². The molecule has 0 saturated carbocycles. The summed E-state index contributed by atoms with van der Waals surface area (Å²) in [6.07, 6.45) is 4.99. The first-order valence-electron chi connectivity index (χ1n) is 7.49. The average Bonchev–Trinajstić information content (AvgIpc) is 3.11. The molecule has 4 nitrogen and oxygen atoms in total. The van der Waals surface area contributed by atoms with Gasteiger partial charge in [-0.25, -0.2) is 4.98 Å². The number of amides is 1.